The zero-order chi connectivity index (χ0) is 12.5. The Bertz CT molecular complexity index is 436. The van der Waals surface area contributed by atoms with Crippen molar-refractivity contribution in [1.29, 1.82) is 0 Å². The van der Waals surface area contributed by atoms with Crippen LogP contribution in [0.1, 0.15) is 18.4 Å². The molecule has 0 radical (unpaired) electrons. The molecule has 0 spiro atoms. The fourth-order valence-corrected chi connectivity index (χ4v) is 3.55. The second-order valence-corrected chi connectivity index (χ2v) is 6.16. The predicted molar refractivity (Wildman–Crippen MR) is 76.3 cm³/mol. The van der Waals surface area contributed by atoms with E-state index in [4.69, 9.17) is 23.2 Å². The summed E-state index contributed by atoms with van der Waals surface area (Å²) in [6.45, 7) is 4.50. The molecule has 0 aromatic heterocycles. The summed E-state index contributed by atoms with van der Waals surface area (Å²) in [5.41, 5.74) is 1.26. The van der Waals surface area contributed by atoms with E-state index in [-0.39, 0.29) is 0 Å². The number of nitrogens with one attached hydrogen (secondary N) is 1. The lowest BCUT2D eigenvalue weighted by atomic mass is 9.91. The van der Waals surface area contributed by atoms with Gasteiger partial charge in [-0.2, -0.15) is 0 Å². The monoisotopic (exact) mass is 284 g/mol. The maximum atomic E-state index is 6.08. The maximum absolute atomic E-state index is 6.08. The third-order valence-electron chi connectivity index (χ3n) is 4.16. The minimum Gasteiger partial charge on any atom is -0.315 e. The van der Waals surface area contributed by atoms with Crippen molar-refractivity contribution in [2.75, 3.05) is 19.6 Å². The van der Waals surface area contributed by atoms with E-state index in [9.17, 15) is 0 Å². The van der Waals surface area contributed by atoms with E-state index in [0.717, 1.165) is 19.0 Å². The molecule has 1 aromatic carbocycles. The van der Waals surface area contributed by atoms with Crippen molar-refractivity contribution in [2.45, 2.75) is 25.4 Å². The van der Waals surface area contributed by atoms with Crippen LogP contribution in [0.4, 0.5) is 0 Å². The van der Waals surface area contributed by atoms with E-state index in [2.05, 4.69) is 16.3 Å². The minimum absolute atomic E-state index is 0.638. The Hall–Kier alpha value is -0.280. The lowest BCUT2D eigenvalue weighted by Crippen LogP contribution is -2.44. The van der Waals surface area contributed by atoms with Gasteiger partial charge in [-0.25, -0.2) is 0 Å². The summed E-state index contributed by atoms with van der Waals surface area (Å²) in [4.78, 5) is 2.59. The topological polar surface area (TPSA) is 15.3 Å². The third kappa shape index (κ3) is 2.53. The van der Waals surface area contributed by atoms with Crippen molar-refractivity contribution >= 4 is 23.2 Å². The average molecular weight is 285 g/mol. The molecule has 2 aliphatic rings. The van der Waals surface area contributed by atoms with Crippen molar-refractivity contribution < 1.29 is 0 Å². The molecule has 1 aromatic rings. The average Bonchev–Trinajstić information content (AvgIpc) is 2.83. The Morgan fingerprint density at radius 2 is 2.11 bits per heavy atom. The molecule has 18 heavy (non-hydrogen) atoms. The van der Waals surface area contributed by atoms with Crippen LogP contribution < -0.4 is 5.32 Å². The van der Waals surface area contributed by atoms with Crippen LogP contribution in [0.5, 0.6) is 0 Å². The van der Waals surface area contributed by atoms with Gasteiger partial charge in [0.05, 0.1) is 10.0 Å². The fraction of sp³-hybridized carbons (Fsp3) is 0.571. The van der Waals surface area contributed by atoms with E-state index >= 15 is 0 Å². The smallest absolute Gasteiger partial charge is 0.0595 e. The first kappa shape index (κ1) is 12.7. The molecule has 0 bridgehead atoms. The van der Waals surface area contributed by atoms with Gasteiger partial charge in [0, 0.05) is 19.1 Å². The normalized spacial score (nSPS) is 28.3. The zero-order valence-electron chi connectivity index (χ0n) is 10.3. The molecule has 0 saturated carbocycles. The van der Waals surface area contributed by atoms with Crippen molar-refractivity contribution in [2.24, 2.45) is 5.92 Å². The summed E-state index contributed by atoms with van der Waals surface area (Å²) in [7, 11) is 0. The Labute approximate surface area is 118 Å². The van der Waals surface area contributed by atoms with Gasteiger partial charge in [0.2, 0.25) is 0 Å². The SMILES string of the molecule is Clc1ccc(CN2CCCC3CNCC32)cc1Cl. The molecule has 2 nitrogen and oxygen atoms in total. The molecule has 3 rings (SSSR count). The van der Waals surface area contributed by atoms with Crippen LogP contribution in [-0.2, 0) is 6.54 Å². The van der Waals surface area contributed by atoms with Gasteiger partial charge in [-0.15, -0.1) is 0 Å². The van der Waals surface area contributed by atoms with E-state index in [1.807, 2.05) is 12.1 Å². The summed E-state index contributed by atoms with van der Waals surface area (Å²) >= 11 is 12.0. The van der Waals surface area contributed by atoms with Crippen LogP contribution in [0.2, 0.25) is 10.0 Å². The number of halogens is 2. The molecular weight excluding hydrogens is 267 g/mol. The van der Waals surface area contributed by atoms with Crippen LogP contribution in [0.3, 0.4) is 0 Å². The van der Waals surface area contributed by atoms with Crippen LogP contribution in [0.25, 0.3) is 0 Å². The van der Waals surface area contributed by atoms with Crippen LogP contribution in [-0.4, -0.2) is 30.6 Å². The number of piperidine rings is 1. The fourth-order valence-electron chi connectivity index (χ4n) is 3.23. The van der Waals surface area contributed by atoms with E-state index in [1.54, 1.807) is 0 Å². The molecule has 0 amide bonds. The van der Waals surface area contributed by atoms with Crippen molar-refractivity contribution in [1.82, 2.24) is 10.2 Å². The summed E-state index contributed by atoms with van der Waals surface area (Å²) < 4.78 is 0. The number of benzene rings is 1. The van der Waals surface area contributed by atoms with Crippen molar-refractivity contribution in [3.63, 3.8) is 0 Å². The molecule has 2 atom stereocenters. The highest BCUT2D eigenvalue weighted by molar-refractivity contribution is 6.42. The number of fused-ring (bicyclic) bond motifs is 1. The minimum atomic E-state index is 0.638. The predicted octanol–water partition coefficient (Wildman–Crippen LogP) is 3.18. The number of nitrogens with zero attached hydrogens (tertiary/aromatic N) is 1. The van der Waals surface area contributed by atoms with Crippen molar-refractivity contribution in [3.8, 4) is 0 Å². The van der Waals surface area contributed by atoms with Gasteiger partial charge in [-0.3, -0.25) is 4.90 Å². The quantitative estimate of drug-likeness (QED) is 0.898. The highest BCUT2D eigenvalue weighted by atomic mass is 35.5. The summed E-state index contributed by atoms with van der Waals surface area (Å²) in [5, 5.41) is 4.81. The highest BCUT2D eigenvalue weighted by Gasteiger charge is 2.34. The molecule has 98 valence electrons. The Morgan fingerprint density at radius 1 is 1.22 bits per heavy atom. The third-order valence-corrected chi connectivity index (χ3v) is 4.90. The van der Waals surface area contributed by atoms with Crippen LogP contribution in [0, 0.1) is 5.92 Å². The van der Waals surface area contributed by atoms with Gasteiger partial charge in [-0.05, 0) is 49.5 Å². The number of hydrogen-bond acceptors (Lipinski definition) is 2. The molecule has 2 fully saturated rings. The Morgan fingerprint density at radius 3 is 2.94 bits per heavy atom. The molecule has 2 saturated heterocycles. The Kier molecular flexibility index (Phi) is 3.81. The lowest BCUT2D eigenvalue weighted by molar-refractivity contribution is 0.117. The largest absolute Gasteiger partial charge is 0.315 e. The summed E-state index contributed by atoms with van der Waals surface area (Å²) in [6.07, 6.45) is 2.68. The number of rotatable bonds is 2. The maximum Gasteiger partial charge on any atom is 0.0595 e. The van der Waals surface area contributed by atoms with Crippen molar-refractivity contribution in [3.05, 3.63) is 33.8 Å². The van der Waals surface area contributed by atoms with Gasteiger partial charge in [0.15, 0.2) is 0 Å². The first-order valence-corrected chi connectivity index (χ1v) is 7.38. The molecule has 0 aliphatic carbocycles. The van der Waals surface area contributed by atoms with Gasteiger partial charge in [-0.1, -0.05) is 29.3 Å². The Balaban J connectivity index is 1.73. The second kappa shape index (κ2) is 5.38. The summed E-state index contributed by atoms with van der Waals surface area (Å²) in [6, 6.07) is 6.68. The zero-order valence-corrected chi connectivity index (χ0v) is 11.8. The molecule has 2 aliphatic heterocycles. The lowest BCUT2D eigenvalue weighted by Gasteiger charge is -2.37. The molecule has 2 heterocycles. The first-order valence-electron chi connectivity index (χ1n) is 6.63. The summed E-state index contributed by atoms with van der Waals surface area (Å²) in [5.74, 6) is 0.835. The van der Waals surface area contributed by atoms with Crippen LogP contribution >= 0.6 is 23.2 Å². The van der Waals surface area contributed by atoms with E-state index < -0.39 is 0 Å². The van der Waals surface area contributed by atoms with E-state index in [1.165, 1.54) is 31.5 Å². The van der Waals surface area contributed by atoms with E-state index in [0.29, 0.717) is 16.1 Å². The number of likely N-dealkylation sites (tertiary alicyclic amines) is 1. The van der Waals surface area contributed by atoms with Gasteiger partial charge in [0.1, 0.15) is 0 Å². The highest BCUT2D eigenvalue weighted by Crippen LogP contribution is 2.29. The molecule has 1 N–H and O–H groups in total. The molecular formula is C14H18Cl2N2. The van der Waals surface area contributed by atoms with Gasteiger partial charge < -0.3 is 5.32 Å². The molecule has 4 heteroatoms. The van der Waals surface area contributed by atoms with Gasteiger partial charge >= 0.3 is 0 Å². The number of hydrogen-bond donors (Lipinski definition) is 1. The van der Waals surface area contributed by atoms with Crippen LogP contribution in [0.15, 0.2) is 18.2 Å². The van der Waals surface area contributed by atoms with Gasteiger partial charge in [0.25, 0.3) is 0 Å². The first-order chi connectivity index (χ1) is 8.74. The second-order valence-electron chi connectivity index (χ2n) is 5.35. The standard InChI is InChI=1S/C14H18Cl2N2/c15-12-4-3-10(6-13(12)16)9-18-5-1-2-11-7-17-8-14(11)18/h3-4,6,11,14,17H,1-2,5,7-9H2. The molecule has 2 unspecified atom stereocenters.